The molecule has 18 heavy (non-hydrogen) atoms. The van der Waals surface area contributed by atoms with Crippen molar-refractivity contribution in [1.29, 1.82) is 0 Å². The van der Waals surface area contributed by atoms with E-state index in [1.54, 1.807) is 0 Å². The van der Waals surface area contributed by atoms with E-state index in [0.29, 0.717) is 11.9 Å². The number of hydrogen-bond acceptors (Lipinski definition) is 2. The molecule has 2 fully saturated rings. The maximum absolute atomic E-state index is 12.5. The first-order valence-electron chi connectivity index (χ1n) is 7.34. The average Bonchev–Trinajstić information content (AvgIpc) is 2.42. The zero-order chi connectivity index (χ0) is 12.1. The Hall–Kier alpha value is -0.280. The summed E-state index contributed by atoms with van der Waals surface area (Å²) in [5, 5.41) is 3.34. The zero-order valence-corrected chi connectivity index (χ0v) is 12.3. The van der Waals surface area contributed by atoms with Gasteiger partial charge >= 0.3 is 0 Å². The monoisotopic (exact) mass is 274 g/mol. The molecule has 0 spiro atoms. The second-order valence-electron chi connectivity index (χ2n) is 5.44. The van der Waals surface area contributed by atoms with Crippen molar-refractivity contribution in [2.45, 2.75) is 57.9 Å². The van der Waals surface area contributed by atoms with Gasteiger partial charge in [0, 0.05) is 18.5 Å². The second kappa shape index (κ2) is 8.00. The van der Waals surface area contributed by atoms with Crippen molar-refractivity contribution < 1.29 is 4.79 Å². The van der Waals surface area contributed by atoms with Crippen molar-refractivity contribution in [3.8, 4) is 0 Å². The van der Waals surface area contributed by atoms with Crippen LogP contribution >= 0.6 is 12.4 Å². The van der Waals surface area contributed by atoms with Crippen LogP contribution in [0.4, 0.5) is 0 Å². The van der Waals surface area contributed by atoms with Gasteiger partial charge in [-0.25, -0.2) is 0 Å². The van der Waals surface area contributed by atoms with Crippen LogP contribution in [0.15, 0.2) is 0 Å². The molecule has 0 bridgehead atoms. The molecule has 0 aromatic carbocycles. The highest BCUT2D eigenvalue weighted by atomic mass is 35.5. The van der Waals surface area contributed by atoms with E-state index in [1.165, 1.54) is 32.1 Å². The van der Waals surface area contributed by atoms with Crippen LogP contribution in [0.3, 0.4) is 0 Å². The van der Waals surface area contributed by atoms with Crippen molar-refractivity contribution in [2.24, 2.45) is 5.92 Å². The van der Waals surface area contributed by atoms with E-state index in [-0.39, 0.29) is 18.3 Å². The summed E-state index contributed by atoms with van der Waals surface area (Å²) in [5.41, 5.74) is 0. The smallest absolute Gasteiger partial charge is 0.226 e. The third-order valence-electron chi connectivity index (χ3n) is 4.33. The van der Waals surface area contributed by atoms with Gasteiger partial charge in [-0.3, -0.25) is 4.79 Å². The number of piperidine rings is 1. The number of carbonyl (C=O) groups excluding carboxylic acids is 1. The molecule has 1 saturated heterocycles. The van der Waals surface area contributed by atoms with Gasteiger partial charge in [0.15, 0.2) is 0 Å². The maximum atomic E-state index is 12.5. The fourth-order valence-electron chi connectivity index (χ4n) is 3.29. The molecular formula is C14H27ClN2O. The lowest BCUT2D eigenvalue weighted by molar-refractivity contribution is -0.139. The topological polar surface area (TPSA) is 32.3 Å². The third kappa shape index (κ3) is 3.86. The summed E-state index contributed by atoms with van der Waals surface area (Å²) < 4.78 is 0. The predicted octanol–water partition coefficient (Wildman–Crippen LogP) is 2.59. The fourth-order valence-corrected chi connectivity index (χ4v) is 3.29. The molecule has 1 aliphatic heterocycles. The normalized spacial score (nSPS) is 22.3. The Balaban J connectivity index is 0.00000162. The Bertz CT molecular complexity index is 248. The molecule has 1 N–H and O–H groups in total. The number of halogens is 1. The molecule has 106 valence electrons. The molecule has 1 heterocycles. The standard InChI is InChI=1S/C14H26N2O.ClH/c1-2-16(13-6-4-3-5-7-13)14(17)12-8-10-15-11-9-12;/h12-13,15H,2-11H2,1H3;1H. The Labute approximate surface area is 117 Å². The van der Waals surface area contributed by atoms with Gasteiger partial charge in [0.1, 0.15) is 0 Å². The van der Waals surface area contributed by atoms with Crippen LogP contribution in [0.5, 0.6) is 0 Å². The molecule has 0 aromatic rings. The molecule has 3 nitrogen and oxygen atoms in total. The van der Waals surface area contributed by atoms with Crippen LogP contribution in [0.1, 0.15) is 51.9 Å². The van der Waals surface area contributed by atoms with E-state index in [0.717, 1.165) is 32.5 Å². The third-order valence-corrected chi connectivity index (χ3v) is 4.33. The van der Waals surface area contributed by atoms with Crippen LogP contribution in [0.25, 0.3) is 0 Å². The van der Waals surface area contributed by atoms with Crippen molar-refractivity contribution in [2.75, 3.05) is 19.6 Å². The average molecular weight is 275 g/mol. The molecular weight excluding hydrogens is 248 g/mol. The van der Waals surface area contributed by atoms with Crippen molar-refractivity contribution in [1.82, 2.24) is 10.2 Å². The molecule has 0 radical (unpaired) electrons. The highest BCUT2D eigenvalue weighted by Gasteiger charge is 2.30. The number of carbonyl (C=O) groups is 1. The molecule has 0 unspecified atom stereocenters. The first-order chi connectivity index (χ1) is 8.33. The van der Waals surface area contributed by atoms with Crippen LogP contribution in [0.2, 0.25) is 0 Å². The minimum atomic E-state index is 0. The molecule has 0 atom stereocenters. The molecule has 1 aliphatic carbocycles. The van der Waals surface area contributed by atoms with Gasteiger partial charge in [0.25, 0.3) is 0 Å². The van der Waals surface area contributed by atoms with Crippen molar-refractivity contribution >= 4 is 18.3 Å². The molecule has 2 aliphatic rings. The van der Waals surface area contributed by atoms with E-state index in [9.17, 15) is 4.79 Å². The number of amides is 1. The molecule has 4 heteroatoms. The van der Waals surface area contributed by atoms with Crippen LogP contribution < -0.4 is 5.32 Å². The fraction of sp³-hybridized carbons (Fsp3) is 0.929. The van der Waals surface area contributed by atoms with E-state index in [4.69, 9.17) is 0 Å². The first-order valence-corrected chi connectivity index (χ1v) is 7.34. The van der Waals surface area contributed by atoms with Gasteiger partial charge in [-0.1, -0.05) is 19.3 Å². The van der Waals surface area contributed by atoms with Gasteiger partial charge in [0.05, 0.1) is 0 Å². The SMILES string of the molecule is CCN(C(=O)C1CCNCC1)C1CCCCC1.Cl. The van der Waals surface area contributed by atoms with E-state index in [1.807, 2.05) is 0 Å². The summed E-state index contributed by atoms with van der Waals surface area (Å²) in [6.45, 7) is 5.05. The lowest BCUT2D eigenvalue weighted by Crippen LogP contribution is -2.46. The lowest BCUT2D eigenvalue weighted by atomic mass is 9.91. The predicted molar refractivity (Wildman–Crippen MR) is 77.1 cm³/mol. The van der Waals surface area contributed by atoms with E-state index >= 15 is 0 Å². The second-order valence-corrected chi connectivity index (χ2v) is 5.44. The minimum Gasteiger partial charge on any atom is -0.340 e. The van der Waals surface area contributed by atoms with Gasteiger partial charge in [-0.05, 0) is 45.7 Å². The van der Waals surface area contributed by atoms with Crippen molar-refractivity contribution in [3.05, 3.63) is 0 Å². The minimum absolute atomic E-state index is 0. The van der Waals surface area contributed by atoms with Gasteiger partial charge in [-0.15, -0.1) is 12.4 Å². The van der Waals surface area contributed by atoms with Gasteiger partial charge in [0.2, 0.25) is 5.91 Å². The van der Waals surface area contributed by atoms with Crippen LogP contribution in [-0.4, -0.2) is 36.5 Å². The van der Waals surface area contributed by atoms with E-state index in [2.05, 4.69) is 17.1 Å². The maximum Gasteiger partial charge on any atom is 0.226 e. The van der Waals surface area contributed by atoms with Crippen LogP contribution in [-0.2, 0) is 4.79 Å². The highest BCUT2D eigenvalue weighted by molar-refractivity contribution is 5.85. The Morgan fingerprint density at radius 1 is 1.11 bits per heavy atom. The number of nitrogens with zero attached hydrogens (tertiary/aromatic N) is 1. The molecule has 1 saturated carbocycles. The number of rotatable bonds is 3. The summed E-state index contributed by atoms with van der Waals surface area (Å²) in [4.78, 5) is 14.7. The number of hydrogen-bond donors (Lipinski definition) is 1. The quantitative estimate of drug-likeness (QED) is 0.858. The summed E-state index contributed by atoms with van der Waals surface area (Å²) in [5.74, 6) is 0.721. The number of nitrogens with one attached hydrogen (secondary N) is 1. The summed E-state index contributed by atoms with van der Waals surface area (Å²) in [6.07, 6.45) is 8.48. The van der Waals surface area contributed by atoms with Crippen LogP contribution in [0, 0.1) is 5.92 Å². The van der Waals surface area contributed by atoms with Gasteiger partial charge < -0.3 is 10.2 Å². The molecule has 2 rings (SSSR count). The lowest BCUT2D eigenvalue weighted by Gasteiger charge is -2.36. The molecule has 1 amide bonds. The zero-order valence-electron chi connectivity index (χ0n) is 11.5. The highest BCUT2D eigenvalue weighted by Crippen LogP contribution is 2.25. The summed E-state index contributed by atoms with van der Waals surface area (Å²) in [6, 6.07) is 0.538. The Morgan fingerprint density at radius 3 is 2.28 bits per heavy atom. The Kier molecular flexibility index (Phi) is 7.02. The van der Waals surface area contributed by atoms with Crippen molar-refractivity contribution in [3.63, 3.8) is 0 Å². The molecule has 0 aromatic heterocycles. The Morgan fingerprint density at radius 2 is 1.72 bits per heavy atom. The first kappa shape index (κ1) is 15.8. The van der Waals surface area contributed by atoms with E-state index < -0.39 is 0 Å². The summed E-state index contributed by atoms with van der Waals surface area (Å²) in [7, 11) is 0. The summed E-state index contributed by atoms with van der Waals surface area (Å²) >= 11 is 0. The van der Waals surface area contributed by atoms with Gasteiger partial charge in [-0.2, -0.15) is 0 Å². The largest absolute Gasteiger partial charge is 0.340 e.